The second kappa shape index (κ2) is 12.9. The lowest BCUT2D eigenvalue weighted by atomic mass is 10.1. The third-order valence-corrected chi connectivity index (χ3v) is 12.3. The molecular weight excluding hydrogens is 717 g/mol. The Morgan fingerprint density at radius 1 is 0.373 bits per heavy atom. The van der Waals surface area contributed by atoms with E-state index in [1.165, 1.54) is 81.9 Å². The molecule has 0 amide bonds. The molecule has 278 valence electrons. The van der Waals surface area contributed by atoms with Crippen LogP contribution in [0.1, 0.15) is 11.3 Å². The molecule has 12 aromatic rings. The van der Waals surface area contributed by atoms with E-state index in [9.17, 15) is 0 Å². The van der Waals surface area contributed by atoms with Crippen LogP contribution in [0.15, 0.2) is 201 Å². The van der Waals surface area contributed by atoms with E-state index in [0.717, 1.165) is 28.4 Å². The van der Waals surface area contributed by atoms with E-state index in [2.05, 4.69) is 220 Å². The Morgan fingerprint density at radius 3 is 1.41 bits per heavy atom. The third-order valence-electron chi connectivity index (χ3n) is 12.3. The van der Waals surface area contributed by atoms with Crippen LogP contribution < -0.4 is 0 Å². The van der Waals surface area contributed by atoms with Crippen molar-refractivity contribution in [2.75, 3.05) is 0 Å². The minimum atomic E-state index is 1.11. The summed E-state index contributed by atoms with van der Waals surface area (Å²) in [7, 11) is 0. The standard InChI is InChI=1S/C55H38N4/c1-3-4-27-46-36(2)41-31-33-50-52(54(41)58(46)37-18-7-5-8-19-37)44-25-12-15-29-48(44)56(50)39-22-17-23-40(35-39)57-49-30-16-13-26-45(49)53-51(57)34-32-43-42-24-11-14-28-47(42)59(55(43)53)38-20-9-6-10-21-38/h3-35H,1H2,2H3/b27-4-. The number of rotatable bonds is 6. The van der Waals surface area contributed by atoms with Crippen molar-refractivity contribution in [3.63, 3.8) is 0 Å². The van der Waals surface area contributed by atoms with Crippen LogP contribution >= 0.6 is 0 Å². The zero-order valence-corrected chi connectivity index (χ0v) is 32.5. The van der Waals surface area contributed by atoms with Crippen molar-refractivity contribution in [3.05, 3.63) is 212 Å². The molecule has 0 bridgehead atoms. The normalized spacial score (nSPS) is 12.2. The summed E-state index contributed by atoms with van der Waals surface area (Å²) in [5.74, 6) is 0. The summed E-state index contributed by atoms with van der Waals surface area (Å²) in [5, 5.41) is 8.69. The second-order valence-electron chi connectivity index (χ2n) is 15.4. The average molecular weight is 755 g/mol. The van der Waals surface area contributed by atoms with Gasteiger partial charge in [-0.15, -0.1) is 0 Å². The molecule has 0 aliphatic rings. The maximum absolute atomic E-state index is 3.98. The van der Waals surface area contributed by atoms with Crippen LogP contribution in [0.3, 0.4) is 0 Å². The molecule has 59 heavy (non-hydrogen) atoms. The highest BCUT2D eigenvalue weighted by Gasteiger charge is 2.23. The molecular formula is C55H38N4. The molecule has 4 heteroatoms. The molecule has 0 saturated carbocycles. The lowest BCUT2D eigenvalue weighted by molar-refractivity contribution is 1.10. The molecule has 0 unspecified atom stereocenters. The Labute approximate surface area is 341 Å². The van der Waals surface area contributed by atoms with E-state index in [0.29, 0.717) is 0 Å². The van der Waals surface area contributed by atoms with Crippen molar-refractivity contribution in [2.24, 2.45) is 0 Å². The van der Waals surface area contributed by atoms with Crippen LogP contribution in [0.4, 0.5) is 0 Å². The van der Waals surface area contributed by atoms with E-state index in [-0.39, 0.29) is 0 Å². The second-order valence-corrected chi connectivity index (χ2v) is 15.4. The molecule has 4 aromatic heterocycles. The smallest absolute Gasteiger partial charge is 0.0641 e. The molecule has 0 aliphatic carbocycles. The van der Waals surface area contributed by atoms with Crippen LogP contribution in [0.2, 0.25) is 0 Å². The number of benzene rings is 8. The number of fused-ring (bicyclic) bond motifs is 12. The van der Waals surface area contributed by atoms with Crippen molar-refractivity contribution in [3.8, 4) is 22.7 Å². The Balaban J connectivity index is 1.15. The molecule has 0 fully saturated rings. The van der Waals surface area contributed by atoms with E-state index in [4.69, 9.17) is 0 Å². The Kier molecular flexibility index (Phi) is 7.26. The van der Waals surface area contributed by atoms with Gasteiger partial charge >= 0.3 is 0 Å². The van der Waals surface area contributed by atoms with Crippen LogP contribution in [-0.4, -0.2) is 18.3 Å². The van der Waals surface area contributed by atoms with Crippen molar-refractivity contribution in [2.45, 2.75) is 6.92 Å². The number of nitrogens with zero attached hydrogens (tertiary/aromatic N) is 4. The lowest BCUT2D eigenvalue weighted by Crippen LogP contribution is -1.99. The van der Waals surface area contributed by atoms with Gasteiger partial charge in [-0.05, 0) is 91.4 Å². The Bertz CT molecular complexity index is 3680. The highest BCUT2D eigenvalue weighted by atomic mass is 15.0. The summed E-state index contributed by atoms with van der Waals surface area (Å²) in [5.41, 5.74) is 15.3. The Hall–Kier alpha value is -7.82. The summed E-state index contributed by atoms with van der Waals surface area (Å²) < 4.78 is 9.77. The largest absolute Gasteiger partial charge is 0.309 e. The predicted molar refractivity (Wildman–Crippen MR) is 250 cm³/mol. The summed E-state index contributed by atoms with van der Waals surface area (Å²) in [6.45, 7) is 6.22. The third kappa shape index (κ3) is 4.71. The fourth-order valence-electron chi connectivity index (χ4n) is 9.89. The predicted octanol–water partition coefficient (Wildman–Crippen LogP) is 14.4. The van der Waals surface area contributed by atoms with Crippen molar-refractivity contribution in [1.82, 2.24) is 18.3 Å². The number of allylic oxidation sites excluding steroid dienone is 2. The van der Waals surface area contributed by atoms with Gasteiger partial charge in [0.05, 0.1) is 38.6 Å². The van der Waals surface area contributed by atoms with Crippen LogP contribution in [0, 0.1) is 6.92 Å². The van der Waals surface area contributed by atoms with E-state index in [1.807, 2.05) is 12.2 Å². The van der Waals surface area contributed by atoms with Gasteiger partial charge in [-0.3, -0.25) is 0 Å². The lowest BCUT2D eigenvalue weighted by Gasteiger charge is -2.13. The monoisotopic (exact) mass is 754 g/mol. The molecule has 4 heterocycles. The maximum atomic E-state index is 3.98. The highest BCUT2D eigenvalue weighted by molar-refractivity contribution is 6.26. The number of aromatic nitrogens is 4. The molecule has 0 atom stereocenters. The van der Waals surface area contributed by atoms with Gasteiger partial charge < -0.3 is 18.3 Å². The number of para-hydroxylation sites is 5. The zero-order valence-electron chi connectivity index (χ0n) is 32.5. The van der Waals surface area contributed by atoms with E-state index < -0.39 is 0 Å². The van der Waals surface area contributed by atoms with Gasteiger partial charge in [0.15, 0.2) is 0 Å². The SMILES string of the molecule is C=C/C=C\c1c(C)c2ccc3c(c4ccccc4n3-c3cccc(-n4c5ccccc5c5c4ccc4c6ccccc6n(-c6ccccc6)c45)c3)c2n1-c1ccccc1. The van der Waals surface area contributed by atoms with E-state index in [1.54, 1.807) is 0 Å². The first kappa shape index (κ1) is 33.3. The van der Waals surface area contributed by atoms with Gasteiger partial charge in [0.2, 0.25) is 0 Å². The molecule has 0 saturated heterocycles. The van der Waals surface area contributed by atoms with E-state index >= 15 is 0 Å². The van der Waals surface area contributed by atoms with Gasteiger partial charge in [0.1, 0.15) is 0 Å². The Morgan fingerprint density at radius 2 is 0.831 bits per heavy atom. The molecule has 12 rings (SSSR count). The molecule has 0 radical (unpaired) electrons. The van der Waals surface area contributed by atoms with Crippen molar-refractivity contribution < 1.29 is 0 Å². The summed E-state index contributed by atoms with van der Waals surface area (Å²) >= 11 is 0. The average Bonchev–Trinajstić information content (AvgIpc) is 4.01. The molecule has 8 aromatic carbocycles. The molecule has 0 aliphatic heterocycles. The first-order chi connectivity index (χ1) is 29.2. The maximum Gasteiger partial charge on any atom is 0.0641 e. The summed E-state index contributed by atoms with van der Waals surface area (Å²) in [6.07, 6.45) is 6.07. The van der Waals surface area contributed by atoms with Crippen LogP contribution in [-0.2, 0) is 0 Å². The topological polar surface area (TPSA) is 19.7 Å². The summed E-state index contributed by atoms with van der Waals surface area (Å²) in [4.78, 5) is 0. The zero-order chi connectivity index (χ0) is 39.2. The first-order valence-electron chi connectivity index (χ1n) is 20.2. The van der Waals surface area contributed by atoms with Gasteiger partial charge in [-0.25, -0.2) is 0 Å². The van der Waals surface area contributed by atoms with Crippen molar-refractivity contribution >= 4 is 82.4 Å². The summed E-state index contributed by atoms with van der Waals surface area (Å²) in [6, 6.07) is 66.3. The number of aryl methyl sites for hydroxylation is 1. The van der Waals surface area contributed by atoms with Gasteiger partial charge in [0.25, 0.3) is 0 Å². The van der Waals surface area contributed by atoms with Gasteiger partial charge in [-0.1, -0.05) is 128 Å². The fourth-order valence-corrected chi connectivity index (χ4v) is 9.89. The van der Waals surface area contributed by atoms with Crippen molar-refractivity contribution in [1.29, 1.82) is 0 Å². The number of hydrogen-bond donors (Lipinski definition) is 0. The fraction of sp³-hybridized carbons (Fsp3) is 0.0182. The van der Waals surface area contributed by atoms with Gasteiger partial charge in [-0.2, -0.15) is 0 Å². The van der Waals surface area contributed by atoms with Crippen LogP contribution in [0.25, 0.3) is 105 Å². The highest BCUT2D eigenvalue weighted by Crippen LogP contribution is 2.44. The van der Waals surface area contributed by atoms with Gasteiger partial charge in [0, 0.05) is 66.1 Å². The molecule has 0 spiro atoms. The van der Waals surface area contributed by atoms with Crippen LogP contribution in [0.5, 0.6) is 0 Å². The first-order valence-corrected chi connectivity index (χ1v) is 20.2. The number of hydrogen-bond acceptors (Lipinski definition) is 0. The molecule has 0 N–H and O–H groups in total. The minimum Gasteiger partial charge on any atom is -0.309 e. The molecule has 4 nitrogen and oxygen atoms in total. The minimum absolute atomic E-state index is 1.11. The quantitative estimate of drug-likeness (QED) is 0.151.